The molecule has 0 radical (unpaired) electrons. The Balaban J connectivity index is 1.97. The first-order valence-corrected chi connectivity index (χ1v) is 34.3. The van der Waals surface area contributed by atoms with Gasteiger partial charge in [0.1, 0.15) is 6.54 Å². The highest BCUT2D eigenvalue weighted by molar-refractivity contribution is 6.99. The predicted octanol–water partition coefficient (Wildman–Crippen LogP) is 17.4. The molecule has 9 heteroatoms. The van der Waals surface area contributed by atoms with Crippen LogP contribution in [0, 0.1) is 11.8 Å². The van der Waals surface area contributed by atoms with Gasteiger partial charge in [-0.05, 0) is 99.1 Å². The van der Waals surface area contributed by atoms with E-state index in [1.165, 1.54) is 120 Å². The molecule has 2 rings (SSSR count). The lowest BCUT2D eigenvalue weighted by Crippen LogP contribution is -2.66. The molecule has 0 aliphatic rings. The van der Waals surface area contributed by atoms with Crippen molar-refractivity contribution in [1.29, 1.82) is 0 Å². The SMILES string of the molecule is CCCCCCCCC(CCCCCC)CC(=O)OCCCCCC(CCCCCOC(=O)CN(C)C(=O)C(CCCCCC)CCCCCCCC)N(C)CCCCO[Si](c1ccccc1)(c1ccccc1)C(C)(C)C. The lowest BCUT2D eigenvalue weighted by molar-refractivity contribution is -0.150. The van der Waals surface area contributed by atoms with Gasteiger partial charge in [-0.25, -0.2) is 0 Å². The number of hydrogen-bond acceptors (Lipinski definition) is 7. The van der Waals surface area contributed by atoms with Gasteiger partial charge in [0, 0.05) is 32.0 Å². The molecule has 0 fully saturated rings. The quantitative estimate of drug-likeness (QED) is 0.0371. The van der Waals surface area contributed by atoms with Gasteiger partial charge < -0.3 is 23.7 Å². The first kappa shape index (κ1) is 70.1. The van der Waals surface area contributed by atoms with Gasteiger partial charge in [-0.15, -0.1) is 0 Å². The number of hydrogen-bond donors (Lipinski definition) is 0. The first-order valence-electron chi connectivity index (χ1n) is 32.4. The summed E-state index contributed by atoms with van der Waals surface area (Å²) in [6.07, 6.45) is 39.6. The van der Waals surface area contributed by atoms with Gasteiger partial charge in [0.2, 0.25) is 5.91 Å². The number of ether oxygens (including phenoxy) is 2. The van der Waals surface area contributed by atoms with Gasteiger partial charge in [0.15, 0.2) is 0 Å². The maximum Gasteiger partial charge on any atom is 0.325 e. The zero-order valence-corrected chi connectivity index (χ0v) is 52.6. The van der Waals surface area contributed by atoms with Gasteiger partial charge in [-0.1, -0.05) is 263 Å². The Labute approximate surface area is 476 Å². The fraction of sp³-hybridized carbons (Fsp3) is 0.779. The minimum absolute atomic E-state index is 0.000180. The summed E-state index contributed by atoms with van der Waals surface area (Å²) < 4.78 is 18.9. The Morgan fingerprint density at radius 2 is 0.857 bits per heavy atom. The van der Waals surface area contributed by atoms with Crippen molar-refractivity contribution in [2.75, 3.05) is 47.0 Å². The molecule has 1 amide bonds. The van der Waals surface area contributed by atoms with E-state index in [4.69, 9.17) is 13.9 Å². The van der Waals surface area contributed by atoms with E-state index >= 15 is 0 Å². The third kappa shape index (κ3) is 31.0. The largest absolute Gasteiger partial charge is 0.466 e. The molecule has 0 saturated heterocycles. The minimum atomic E-state index is -2.58. The van der Waals surface area contributed by atoms with E-state index in [0.29, 0.717) is 31.6 Å². The molecule has 0 N–H and O–H groups in total. The van der Waals surface area contributed by atoms with Gasteiger partial charge in [0.25, 0.3) is 8.32 Å². The summed E-state index contributed by atoms with van der Waals surface area (Å²) in [4.78, 5) is 43.9. The van der Waals surface area contributed by atoms with Gasteiger partial charge in [0.05, 0.1) is 13.2 Å². The number of likely N-dealkylation sites (N-methyl/N-ethyl adjacent to an activating group) is 1. The Bertz CT molecular complexity index is 1680. The van der Waals surface area contributed by atoms with E-state index in [2.05, 4.69) is 121 Å². The van der Waals surface area contributed by atoms with Crippen LogP contribution in [-0.4, -0.2) is 89.0 Å². The summed E-state index contributed by atoms with van der Waals surface area (Å²) in [5.41, 5.74) is 0. The van der Waals surface area contributed by atoms with Crippen molar-refractivity contribution in [3.05, 3.63) is 60.7 Å². The summed E-state index contributed by atoms with van der Waals surface area (Å²) >= 11 is 0. The highest BCUT2D eigenvalue weighted by atomic mass is 28.4. The topological polar surface area (TPSA) is 85.4 Å². The van der Waals surface area contributed by atoms with Crippen LogP contribution in [0.3, 0.4) is 0 Å². The van der Waals surface area contributed by atoms with Crippen LogP contribution >= 0.6 is 0 Å². The molecule has 0 aromatic heterocycles. The normalized spacial score (nSPS) is 13.2. The third-order valence-corrected chi connectivity index (χ3v) is 21.5. The van der Waals surface area contributed by atoms with E-state index < -0.39 is 8.32 Å². The summed E-state index contributed by atoms with van der Waals surface area (Å²) in [5, 5.41) is 2.60. The molecular weight excluding hydrogens is 969 g/mol. The molecule has 0 bridgehead atoms. The molecule has 3 atom stereocenters. The number of esters is 2. The molecule has 0 spiro atoms. The highest BCUT2D eigenvalue weighted by Gasteiger charge is 2.50. The fourth-order valence-corrected chi connectivity index (χ4v) is 16.2. The molecule has 77 heavy (non-hydrogen) atoms. The van der Waals surface area contributed by atoms with Crippen molar-refractivity contribution in [2.45, 2.75) is 284 Å². The molecule has 0 saturated carbocycles. The Morgan fingerprint density at radius 1 is 0.468 bits per heavy atom. The Morgan fingerprint density at radius 3 is 1.32 bits per heavy atom. The van der Waals surface area contributed by atoms with Crippen LogP contribution in [0.4, 0.5) is 0 Å². The molecule has 0 aliphatic carbocycles. The number of rotatable bonds is 50. The number of carbonyl (C=O) groups is 3. The van der Waals surface area contributed by atoms with Gasteiger partial charge in [-0.3, -0.25) is 14.4 Å². The minimum Gasteiger partial charge on any atom is -0.466 e. The van der Waals surface area contributed by atoms with Gasteiger partial charge >= 0.3 is 11.9 Å². The Kier molecular flexibility index (Phi) is 40.7. The van der Waals surface area contributed by atoms with E-state index in [-0.39, 0.29) is 35.3 Å². The summed E-state index contributed by atoms with van der Waals surface area (Å²) in [6.45, 7) is 18.7. The molecule has 0 aliphatic heterocycles. The molecular formula is C68H120N2O6Si. The second-order valence-electron chi connectivity index (χ2n) is 24.3. The van der Waals surface area contributed by atoms with Crippen LogP contribution in [0.5, 0.6) is 0 Å². The second-order valence-corrected chi connectivity index (χ2v) is 28.6. The van der Waals surface area contributed by atoms with Crippen LogP contribution in [0.2, 0.25) is 5.04 Å². The number of amides is 1. The van der Waals surface area contributed by atoms with Crippen LogP contribution in [0.15, 0.2) is 60.7 Å². The Hall–Kier alpha value is -3.01. The van der Waals surface area contributed by atoms with Crippen molar-refractivity contribution in [1.82, 2.24) is 9.80 Å². The maximum absolute atomic E-state index is 13.6. The van der Waals surface area contributed by atoms with Gasteiger partial charge in [-0.2, -0.15) is 0 Å². The summed E-state index contributed by atoms with van der Waals surface area (Å²) in [5.74, 6) is 0.248. The summed E-state index contributed by atoms with van der Waals surface area (Å²) in [6, 6.07) is 22.3. The molecule has 2 aromatic rings. The number of nitrogens with zero attached hydrogens (tertiary/aromatic N) is 2. The lowest BCUT2D eigenvalue weighted by atomic mass is 9.91. The average molecular weight is 1090 g/mol. The second kappa shape index (κ2) is 44.7. The van der Waals surface area contributed by atoms with Crippen molar-refractivity contribution in [2.24, 2.45) is 11.8 Å². The molecule has 0 heterocycles. The third-order valence-electron chi connectivity index (χ3n) is 16.4. The number of carbonyl (C=O) groups excluding carboxylic acids is 3. The average Bonchev–Trinajstić information content (AvgIpc) is 3.42. The van der Waals surface area contributed by atoms with Crippen LogP contribution < -0.4 is 10.4 Å². The number of benzene rings is 2. The van der Waals surface area contributed by atoms with E-state index in [1.54, 1.807) is 11.9 Å². The van der Waals surface area contributed by atoms with Crippen molar-refractivity contribution in [3.8, 4) is 0 Å². The van der Waals surface area contributed by atoms with Crippen LogP contribution in [0.25, 0.3) is 0 Å². The fourth-order valence-electron chi connectivity index (χ4n) is 11.6. The van der Waals surface area contributed by atoms with Crippen molar-refractivity contribution in [3.63, 3.8) is 0 Å². The van der Waals surface area contributed by atoms with E-state index in [0.717, 1.165) is 122 Å². The van der Waals surface area contributed by atoms with Crippen LogP contribution in [-0.2, 0) is 28.3 Å². The zero-order chi connectivity index (χ0) is 56.3. The van der Waals surface area contributed by atoms with Crippen molar-refractivity contribution >= 4 is 36.5 Å². The molecule has 442 valence electrons. The molecule has 3 unspecified atom stereocenters. The van der Waals surface area contributed by atoms with Crippen LogP contribution in [0.1, 0.15) is 273 Å². The smallest absolute Gasteiger partial charge is 0.325 e. The zero-order valence-electron chi connectivity index (χ0n) is 51.6. The maximum atomic E-state index is 13.6. The number of unbranched alkanes of at least 4 members (excludes halogenated alkanes) is 21. The first-order chi connectivity index (χ1) is 37.3. The van der Waals surface area contributed by atoms with Crippen molar-refractivity contribution < 1.29 is 28.3 Å². The standard InChI is InChI=1S/C68H120N2O6Si/c1-10-14-18-22-24-31-45-60(44-30-20-16-12-3)58-65(71)74-55-41-28-34-48-62(69(8)54-40-43-57-76-77(68(5,6)7,63-50-36-26-37-51-63)64-52-38-27-39-53-64)49-35-29-42-56-75-66(72)59-70(9)67(73)61(46-32-21-17-13-4)47-33-25-23-19-15-11-2/h26-27,36-39,50-53,60-62H,10-25,28-35,40-49,54-59H2,1-9H3. The molecule has 8 nitrogen and oxygen atoms in total. The van der Waals surface area contributed by atoms with E-state index in [9.17, 15) is 14.4 Å². The predicted molar refractivity (Wildman–Crippen MR) is 331 cm³/mol. The summed E-state index contributed by atoms with van der Waals surface area (Å²) in [7, 11) is 1.50. The highest BCUT2D eigenvalue weighted by Crippen LogP contribution is 2.37. The lowest BCUT2D eigenvalue weighted by Gasteiger charge is -2.43. The monoisotopic (exact) mass is 1090 g/mol. The molecule has 2 aromatic carbocycles. The van der Waals surface area contributed by atoms with E-state index in [1.807, 2.05) is 0 Å².